The first kappa shape index (κ1) is 13.5. The maximum absolute atomic E-state index is 13.2. The fourth-order valence-corrected chi connectivity index (χ4v) is 2.85. The van der Waals surface area contributed by atoms with Gasteiger partial charge in [-0.05, 0) is 36.9 Å². The van der Waals surface area contributed by atoms with Crippen LogP contribution in [0.3, 0.4) is 0 Å². The summed E-state index contributed by atoms with van der Waals surface area (Å²) in [6, 6.07) is 5.28. The molecule has 4 nitrogen and oxygen atoms in total. The number of hydrogen-bond donors (Lipinski definition) is 1. The van der Waals surface area contributed by atoms with Crippen LogP contribution < -0.4 is 5.32 Å². The van der Waals surface area contributed by atoms with Gasteiger partial charge in [0.2, 0.25) is 0 Å². The monoisotopic (exact) mass is 280 g/mol. The lowest BCUT2D eigenvalue weighted by atomic mass is 10.1. The fraction of sp³-hybridized carbons (Fsp3) is 0.231. The lowest BCUT2D eigenvalue weighted by Gasteiger charge is -2.15. The molecular formula is C13H13FN2O2S. The highest BCUT2D eigenvalue weighted by molar-refractivity contribution is 7.10. The van der Waals surface area contributed by atoms with E-state index in [0.717, 1.165) is 22.6 Å². The van der Waals surface area contributed by atoms with Gasteiger partial charge in [0.15, 0.2) is 0 Å². The summed E-state index contributed by atoms with van der Waals surface area (Å²) in [6.07, 6.45) is 0. The van der Waals surface area contributed by atoms with Gasteiger partial charge < -0.3 is 5.32 Å². The van der Waals surface area contributed by atoms with E-state index in [0.29, 0.717) is 0 Å². The Kier molecular flexibility index (Phi) is 3.80. The van der Waals surface area contributed by atoms with E-state index in [1.807, 2.05) is 25.3 Å². The zero-order valence-electron chi connectivity index (χ0n) is 10.5. The van der Waals surface area contributed by atoms with E-state index in [1.165, 1.54) is 6.07 Å². The van der Waals surface area contributed by atoms with Crippen molar-refractivity contribution in [2.45, 2.75) is 19.9 Å². The molecule has 2 aromatic rings. The summed E-state index contributed by atoms with van der Waals surface area (Å²) in [5.74, 6) is -0.497. The van der Waals surface area contributed by atoms with Gasteiger partial charge >= 0.3 is 0 Å². The quantitative estimate of drug-likeness (QED) is 0.672. The number of nitro groups is 1. The molecule has 1 atom stereocenters. The summed E-state index contributed by atoms with van der Waals surface area (Å²) in [7, 11) is 0. The number of nitro benzene ring substituents is 1. The third-order valence-corrected chi connectivity index (χ3v) is 4.02. The molecule has 0 aliphatic heterocycles. The van der Waals surface area contributed by atoms with Gasteiger partial charge in [0.05, 0.1) is 11.0 Å². The lowest BCUT2D eigenvalue weighted by Crippen LogP contribution is -2.08. The van der Waals surface area contributed by atoms with Gasteiger partial charge in [0, 0.05) is 17.0 Å². The van der Waals surface area contributed by atoms with Crippen LogP contribution >= 0.6 is 11.3 Å². The highest BCUT2D eigenvalue weighted by atomic mass is 32.1. The van der Waals surface area contributed by atoms with Gasteiger partial charge in [0.1, 0.15) is 11.5 Å². The number of nitrogens with zero attached hydrogens (tertiary/aromatic N) is 1. The molecule has 0 aliphatic rings. The third kappa shape index (κ3) is 2.90. The Balaban J connectivity index is 2.30. The number of nitrogens with one attached hydrogen (secondary N) is 1. The number of thiophene rings is 1. The smallest absolute Gasteiger partial charge is 0.292 e. The van der Waals surface area contributed by atoms with Gasteiger partial charge in [-0.15, -0.1) is 11.3 Å². The minimum atomic E-state index is -0.518. The molecule has 0 saturated carbocycles. The largest absolute Gasteiger partial charge is 0.372 e. The van der Waals surface area contributed by atoms with E-state index in [1.54, 1.807) is 11.3 Å². The molecule has 2 rings (SSSR count). The number of halogens is 1. The van der Waals surface area contributed by atoms with Crippen LogP contribution in [0, 0.1) is 22.9 Å². The Morgan fingerprint density at radius 2 is 2.16 bits per heavy atom. The van der Waals surface area contributed by atoms with Gasteiger partial charge in [-0.25, -0.2) is 4.39 Å². The first-order valence-corrected chi connectivity index (χ1v) is 6.61. The molecule has 1 unspecified atom stereocenters. The Bertz CT molecular complexity index is 612. The van der Waals surface area contributed by atoms with E-state index in [-0.39, 0.29) is 17.4 Å². The van der Waals surface area contributed by atoms with Crippen molar-refractivity contribution in [2.75, 3.05) is 5.32 Å². The van der Waals surface area contributed by atoms with Gasteiger partial charge in [-0.1, -0.05) is 0 Å². The highest BCUT2D eigenvalue weighted by Crippen LogP contribution is 2.31. The Hall–Kier alpha value is -1.95. The van der Waals surface area contributed by atoms with E-state index in [4.69, 9.17) is 0 Å². The summed E-state index contributed by atoms with van der Waals surface area (Å²) in [6.45, 7) is 3.87. The van der Waals surface area contributed by atoms with Gasteiger partial charge in [-0.2, -0.15) is 0 Å². The predicted octanol–water partition coefficient (Wildman–Crippen LogP) is 4.28. The molecule has 0 aliphatic carbocycles. The van der Waals surface area contributed by atoms with E-state index in [2.05, 4.69) is 5.32 Å². The second-order valence-electron chi connectivity index (χ2n) is 4.25. The van der Waals surface area contributed by atoms with E-state index >= 15 is 0 Å². The molecule has 0 fully saturated rings. The van der Waals surface area contributed by atoms with Crippen LogP contribution in [0.2, 0.25) is 0 Å². The number of hydrogen-bond acceptors (Lipinski definition) is 4. The van der Waals surface area contributed by atoms with Gasteiger partial charge in [0.25, 0.3) is 5.69 Å². The zero-order valence-corrected chi connectivity index (χ0v) is 11.3. The van der Waals surface area contributed by atoms with Crippen LogP contribution in [0.15, 0.2) is 29.6 Å². The molecule has 0 spiro atoms. The average Bonchev–Trinajstić information content (AvgIpc) is 2.75. The summed E-state index contributed by atoms with van der Waals surface area (Å²) < 4.78 is 13.2. The first-order valence-electron chi connectivity index (χ1n) is 5.73. The average molecular weight is 280 g/mol. The SMILES string of the molecule is Cc1ccsc1C(C)Nc1cc(F)ccc1[N+](=O)[O-]. The Morgan fingerprint density at radius 3 is 2.74 bits per heavy atom. The van der Waals surface area contributed by atoms with Crippen molar-refractivity contribution < 1.29 is 9.31 Å². The number of aryl methyl sites for hydroxylation is 1. The van der Waals surface area contributed by atoms with Crippen molar-refractivity contribution in [1.29, 1.82) is 0 Å². The van der Waals surface area contributed by atoms with Gasteiger partial charge in [-0.3, -0.25) is 10.1 Å². The zero-order chi connectivity index (χ0) is 14.0. The van der Waals surface area contributed by atoms with Crippen LogP contribution in [0.25, 0.3) is 0 Å². The Morgan fingerprint density at radius 1 is 1.42 bits per heavy atom. The summed E-state index contributed by atoms with van der Waals surface area (Å²) in [4.78, 5) is 11.5. The molecule has 0 amide bonds. The van der Waals surface area contributed by atoms with Crippen LogP contribution in [0.5, 0.6) is 0 Å². The minimum Gasteiger partial charge on any atom is -0.372 e. The van der Waals surface area contributed by atoms with Crippen molar-refractivity contribution >= 4 is 22.7 Å². The molecule has 1 aromatic heterocycles. The van der Waals surface area contributed by atoms with Crippen molar-refractivity contribution in [2.24, 2.45) is 0 Å². The maximum atomic E-state index is 13.2. The predicted molar refractivity (Wildman–Crippen MR) is 74.1 cm³/mol. The number of anilines is 1. The fourth-order valence-electron chi connectivity index (χ4n) is 1.91. The number of benzene rings is 1. The second-order valence-corrected chi connectivity index (χ2v) is 5.20. The first-order chi connectivity index (χ1) is 8.99. The minimum absolute atomic E-state index is 0.111. The van der Waals surface area contributed by atoms with Crippen molar-refractivity contribution in [3.63, 3.8) is 0 Å². The Labute approximate surface area is 114 Å². The van der Waals surface area contributed by atoms with Crippen LogP contribution in [-0.4, -0.2) is 4.92 Å². The summed E-state index contributed by atoms with van der Waals surface area (Å²) in [5, 5.41) is 15.9. The van der Waals surface area contributed by atoms with E-state index < -0.39 is 10.7 Å². The van der Waals surface area contributed by atoms with Crippen molar-refractivity contribution in [3.05, 3.63) is 56.0 Å². The molecule has 0 saturated heterocycles. The molecule has 6 heteroatoms. The van der Waals surface area contributed by atoms with Crippen LogP contribution in [0.4, 0.5) is 15.8 Å². The topological polar surface area (TPSA) is 55.2 Å². The summed E-state index contributed by atoms with van der Waals surface area (Å²) in [5.41, 5.74) is 1.19. The van der Waals surface area contributed by atoms with E-state index in [9.17, 15) is 14.5 Å². The maximum Gasteiger partial charge on any atom is 0.292 e. The van der Waals surface area contributed by atoms with Crippen LogP contribution in [-0.2, 0) is 0 Å². The molecular weight excluding hydrogens is 267 g/mol. The molecule has 1 heterocycles. The van der Waals surface area contributed by atoms with Crippen molar-refractivity contribution in [1.82, 2.24) is 0 Å². The second kappa shape index (κ2) is 5.36. The molecule has 0 radical (unpaired) electrons. The number of rotatable bonds is 4. The van der Waals surface area contributed by atoms with Crippen LogP contribution in [0.1, 0.15) is 23.4 Å². The third-order valence-electron chi connectivity index (χ3n) is 2.82. The molecule has 1 N–H and O–H groups in total. The molecule has 19 heavy (non-hydrogen) atoms. The molecule has 100 valence electrons. The van der Waals surface area contributed by atoms with Crippen molar-refractivity contribution in [3.8, 4) is 0 Å². The lowest BCUT2D eigenvalue weighted by molar-refractivity contribution is -0.384. The molecule has 1 aromatic carbocycles. The summed E-state index contributed by atoms with van der Waals surface area (Å²) >= 11 is 1.57. The standard InChI is InChI=1S/C13H13FN2O2S/c1-8-5-6-19-13(8)9(2)15-11-7-10(14)3-4-12(11)16(17)18/h3-7,9,15H,1-2H3. The highest BCUT2D eigenvalue weighted by Gasteiger charge is 2.18. The normalized spacial score (nSPS) is 12.2. The molecule has 0 bridgehead atoms.